The second-order valence-electron chi connectivity index (χ2n) is 5.35. The zero-order valence-electron chi connectivity index (χ0n) is 10.7. The van der Waals surface area contributed by atoms with E-state index in [9.17, 15) is 0 Å². The van der Waals surface area contributed by atoms with E-state index in [1.54, 1.807) is 0 Å². The Bertz CT molecular complexity index is 235. The highest BCUT2D eigenvalue weighted by Crippen LogP contribution is 2.25. The molecule has 0 bridgehead atoms. The van der Waals surface area contributed by atoms with Crippen LogP contribution in [0.25, 0.3) is 0 Å². The van der Waals surface area contributed by atoms with Gasteiger partial charge in [-0.1, -0.05) is 26.1 Å². The fourth-order valence-corrected chi connectivity index (χ4v) is 3.35. The molecule has 1 aliphatic heterocycles. The maximum Gasteiger partial charge on any atom is 0.0784 e. The summed E-state index contributed by atoms with van der Waals surface area (Å²) >= 11 is 7.15. The van der Waals surface area contributed by atoms with Crippen LogP contribution in [0.1, 0.15) is 33.1 Å². The third-order valence-corrected chi connectivity index (χ3v) is 5.21. The number of hydrogen-bond acceptors (Lipinski definition) is 3. The minimum absolute atomic E-state index is 0.0145. The maximum atomic E-state index is 5.72. The number of thioether (sulfide) groups is 1. The van der Waals surface area contributed by atoms with Gasteiger partial charge in [-0.2, -0.15) is 11.8 Å². The van der Waals surface area contributed by atoms with E-state index in [0.717, 1.165) is 19.0 Å². The van der Waals surface area contributed by atoms with Crippen molar-refractivity contribution in [3.8, 4) is 0 Å². The maximum absolute atomic E-state index is 5.72. The molecule has 0 aromatic heterocycles. The molecule has 0 aliphatic carbocycles. The first-order chi connectivity index (χ1) is 7.43. The highest BCUT2D eigenvalue weighted by atomic mass is 32.2. The SMILES string of the molecule is CN(CCCC(C)(C)C(N)=S)C1CCSC1. The molecule has 0 amide bonds. The molecule has 0 radical (unpaired) electrons. The van der Waals surface area contributed by atoms with Gasteiger partial charge >= 0.3 is 0 Å². The van der Waals surface area contributed by atoms with Crippen LogP contribution in [0, 0.1) is 5.41 Å². The minimum Gasteiger partial charge on any atom is -0.393 e. The molecule has 1 aliphatic rings. The van der Waals surface area contributed by atoms with E-state index in [4.69, 9.17) is 18.0 Å². The van der Waals surface area contributed by atoms with Crippen molar-refractivity contribution < 1.29 is 0 Å². The zero-order chi connectivity index (χ0) is 12.2. The lowest BCUT2D eigenvalue weighted by atomic mass is 9.88. The summed E-state index contributed by atoms with van der Waals surface area (Å²) in [5.41, 5.74) is 5.74. The van der Waals surface area contributed by atoms with Crippen LogP contribution in [-0.2, 0) is 0 Å². The van der Waals surface area contributed by atoms with Gasteiger partial charge in [0.15, 0.2) is 0 Å². The normalized spacial score (nSPS) is 21.6. The molecular weight excluding hydrogens is 236 g/mol. The van der Waals surface area contributed by atoms with Crippen LogP contribution in [0.2, 0.25) is 0 Å². The van der Waals surface area contributed by atoms with E-state index >= 15 is 0 Å². The molecule has 1 unspecified atom stereocenters. The number of rotatable bonds is 6. The van der Waals surface area contributed by atoms with Crippen LogP contribution < -0.4 is 5.73 Å². The van der Waals surface area contributed by atoms with Crippen molar-refractivity contribution in [3.63, 3.8) is 0 Å². The predicted molar refractivity (Wildman–Crippen MR) is 78.2 cm³/mol. The highest BCUT2D eigenvalue weighted by molar-refractivity contribution is 7.99. The van der Waals surface area contributed by atoms with Gasteiger partial charge in [0.1, 0.15) is 0 Å². The lowest BCUT2D eigenvalue weighted by Gasteiger charge is -2.27. The number of thiocarbonyl (C=S) groups is 1. The summed E-state index contributed by atoms with van der Waals surface area (Å²) in [6, 6.07) is 0.790. The smallest absolute Gasteiger partial charge is 0.0784 e. The Morgan fingerprint density at radius 1 is 1.56 bits per heavy atom. The molecule has 0 saturated carbocycles. The average Bonchev–Trinajstić information content (AvgIpc) is 2.69. The Balaban J connectivity index is 2.21. The summed E-state index contributed by atoms with van der Waals surface area (Å²) in [7, 11) is 2.24. The lowest BCUT2D eigenvalue weighted by Crippen LogP contribution is -2.34. The lowest BCUT2D eigenvalue weighted by molar-refractivity contribution is 0.248. The Morgan fingerprint density at radius 2 is 2.25 bits per heavy atom. The van der Waals surface area contributed by atoms with E-state index in [-0.39, 0.29) is 5.41 Å². The molecule has 1 fully saturated rings. The molecule has 0 aromatic rings. The van der Waals surface area contributed by atoms with Gasteiger partial charge in [0.2, 0.25) is 0 Å². The molecule has 1 atom stereocenters. The van der Waals surface area contributed by atoms with Crippen molar-refractivity contribution in [3.05, 3.63) is 0 Å². The van der Waals surface area contributed by atoms with E-state index in [1.165, 1.54) is 24.3 Å². The van der Waals surface area contributed by atoms with E-state index in [1.807, 2.05) is 0 Å². The quantitative estimate of drug-likeness (QED) is 0.743. The summed E-state index contributed by atoms with van der Waals surface area (Å²) in [6.07, 6.45) is 3.62. The van der Waals surface area contributed by atoms with Gasteiger partial charge in [0.25, 0.3) is 0 Å². The van der Waals surface area contributed by atoms with Crippen LogP contribution in [0.3, 0.4) is 0 Å². The van der Waals surface area contributed by atoms with E-state index in [2.05, 4.69) is 37.6 Å². The number of nitrogens with two attached hydrogens (primary N) is 1. The molecule has 1 rings (SSSR count). The minimum atomic E-state index is 0.0145. The second-order valence-corrected chi connectivity index (χ2v) is 6.94. The molecule has 16 heavy (non-hydrogen) atoms. The molecule has 4 heteroatoms. The van der Waals surface area contributed by atoms with Gasteiger partial charge < -0.3 is 10.6 Å². The van der Waals surface area contributed by atoms with Crippen LogP contribution in [-0.4, -0.2) is 41.0 Å². The predicted octanol–water partition coefficient (Wildman–Crippen LogP) is 2.52. The summed E-state index contributed by atoms with van der Waals surface area (Å²) < 4.78 is 0. The fraction of sp³-hybridized carbons (Fsp3) is 0.917. The van der Waals surface area contributed by atoms with E-state index < -0.39 is 0 Å². The Hall–Kier alpha value is 0.200. The number of hydrogen-bond donors (Lipinski definition) is 1. The summed E-state index contributed by atoms with van der Waals surface area (Å²) in [5, 5.41) is 0. The van der Waals surface area contributed by atoms with Gasteiger partial charge in [-0.15, -0.1) is 0 Å². The van der Waals surface area contributed by atoms with Crippen molar-refractivity contribution in [2.75, 3.05) is 25.1 Å². The first kappa shape index (κ1) is 14.3. The second kappa shape index (κ2) is 6.22. The topological polar surface area (TPSA) is 29.3 Å². The molecule has 2 nitrogen and oxygen atoms in total. The zero-order valence-corrected chi connectivity index (χ0v) is 12.3. The van der Waals surface area contributed by atoms with Crippen molar-refractivity contribution >= 4 is 29.0 Å². The van der Waals surface area contributed by atoms with Crippen molar-refractivity contribution in [2.24, 2.45) is 11.1 Å². The van der Waals surface area contributed by atoms with Crippen LogP contribution in [0.15, 0.2) is 0 Å². The standard InChI is InChI=1S/C12H24N2S2/c1-12(2,11(13)15)6-4-7-14(3)10-5-8-16-9-10/h10H,4-9H2,1-3H3,(H2,13,15). The highest BCUT2D eigenvalue weighted by Gasteiger charge is 2.23. The van der Waals surface area contributed by atoms with Crippen molar-refractivity contribution in [1.29, 1.82) is 0 Å². The summed E-state index contributed by atoms with van der Waals surface area (Å²) in [4.78, 5) is 3.14. The molecular formula is C12H24N2S2. The van der Waals surface area contributed by atoms with Crippen LogP contribution in [0.4, 0.5) is 0 Å². The average molecular weight is 260 g/mol. The molecule has 1 saturated heterocycles. The summed E-state index contributed by atoms with van der Waals surface area (Å²) in [6.45, 7) is 5.44. The first-order valence-corrected chi connectivity index (χ1v) is 7.57. The summed E-state index contributed by atoms with van der Waals surface area (Å²) in [5.74, 6) is 2.63. The first-order valence-electron chi connectivity index (χ1n) is 6.01. The van der Waals surface area contributed by atoms with Gasteiger partial charge in [-0.25, -0.2) is 0 Å². The molecule has 1 heterocycles. The third kappa shape index (κ3) is 4.22. The van der Waals surface area contributed by atoms with Crippen molar-refractivity contribution in [1.82, 2.24) is 4.90 Å². The molecule has 0 spiro atoms. The Kier molecular flexibility index (Phi) is 5.54. The van der Waals surface area contributed by atoms with Gasteiger partial charge in [-0.05, 0) is 38.6 Å². The van der Waals surface area contributed by atoms with Gasteiger partial charge in [-0.3, -0.25) is 0 Å². The largest absolute Gasteiger partial charge is 0.393 e. The van der Waals surface area contributed by atoms with Gasteiger partial charge in [0.05, 0.1) is 4.99 Å². The third-order valence-electron chi connectivity index (χ3n) is 3.51. The van der Waals surface area contributed by atoms with Gasteiger partial charge in [0, 0.05) is 17.2 Å². The van der Waals surface area contributed by atoms with Crippen LogP contribution in [0.5, 0.6) is 0 Å². The Labute approximate surface area is 109 Å². The Morgan fingerprint density at radius 3 is 2.75 bits per heavy atom. The molecule has 94 valence electrons. The molecule has 0 aromatic carbocycles. The van der Waals surface area contributed by atoms with E-state index in [0.29, 0.717) is 4.99 Å². The fourth-order valence-electron chi connectivity index (χ4n) is 1.95. The number of nitrogens with zero attached hydrogens (tertiary/aromatic N) is 1. The molecule has 2 N–H and O–H groups in total. The van der Waals surface area contributed by atoms with Crippen LogP contribution >= 0.6 is 24.0 Å². The van der Waals surface area contributed by atoms with Crippen molar-refractivity contribution in [2.45, 2.75) is 39.2 Å². The monoisotopic (exact) mass is 260 g/mol.